The van der Waals surface area contributed by atoms with Crippen LogP contribution in [0.3, 0.4) is 0 Å². The molecule has 3 aromatic rings. The molecule has 1 aliphatic heterocycles. The number of nitrogens with zero attached hydrogens (tertiary/aromatic N) is 2. The van der Waals surface area contributed by atoms with E-state index < -0.39 is 6.61 Å². The predicted molar refractivity (Wildman–Crippen MR) is 108 cm³/mol. The molecule has 0 unspecified atom stereocenters. The molecule has 0 amide bonds. The molecule has 0 aromatic heterocycles. The maximum atomic E-state index is 12.2. The van der Waals surface area contributed by atoms with E-state index in [0.29, 0.717) is 0 Å². The average molecular weight is 382 g/mol. The minimum Gasteiger partial charge on any atom is -0.435 e. The highest BCUT2D eigenvalue weighted by molar-refractivity contribution is 5.85. The van der Waals surface area contributed by atoms with Crippen molar-refractivity contribution in [1.29, 1.82) is 0 Å². The minimum atomic E-state index is -2.78. The van der Waals surface area contributed by atoms with Gasteiger partial charge < -0.3 is 4.74 Å². The Morgan fingerprint density at radius 3 is 2.11 bits per heavy atom. The topological polar surface area (TPSA) is 15.7 Å². The number of alkyl halides is 2. The van der Waals surface area contributed by atoms with Crippen molar-refractivity contribution in [2.45, 2.75) is 19.7 Å². The molecule has 1 heterocycles. The van der Waals surface area contributed by atoms with E-state index in [9.17, 15) is 8.78 Å². The number of hydrogen-bond acceptors (Lipinski definition) is 3. The third-order valence-corrected chi connectivity index (χ3v) is 5.29. The van der Waals surface area contributed by atoms with Crippen LogP contribution >= 0.6 is 0 Å². The lowest BCUT2D eigenvalue weighted by molar-refractivity contribution is -0.0498. The van der Waals surface area contributed by atoms with Crippen molar-refractivity contribution in [3.63, 3.8) is 0 Å². The zero-order valence-corrected chi connectivity index (χ0v) is 15.7. The van der Waals surface area contributed by atoms with E-state index in [1.165, 1.54) is 16.3 Å². The molecular weight excluding hydrogens is 358 g/mol. The summed E-state index contributed by atoms with van der Waals surface area (Å²) < 4.78 is 28.9. The Kier molecular flexibility index (Phi) is 5.84. The fourth-order valence-corrected chi connectivity index (χ4v) is 3.81. The van der Waals surface area contributed by atoms with Gasteiger partial charge in [-0.25, -0.2) is 0 Å². The summed E-state index contributed by atoms with van der Waals surface area (Å²) in [6.07, 6.45) is 0. The maximum absolute atomic E-state index is 12.2. The Balaban J connectivity index is 1.31. The van der Waals surface area contributed by atoms with Gasteiger partial charge in [0.2, 0.25) is 0 Å². The molecule has 0 N–H and O–H groups in total. The molecule has 4 rings (SSSR count). The van der Waals surface area contributed by atoms with E-state index in [-0.39, 0.29) is 5.75 Å². The summed E-state index contributed by atoms with van der Waals surface area (Å²) in [5.74, 6) is 0.207. The minimum absolute atomic E-state index is 0.207. The van der Waals surface area contributed by atoms with Crippen molar-refractivity contribution in [2.24, 2.45) is 0 Å². The van der Waals surface area contributed by atoms with Crippen LogP contribution in [-0.2, 0) is 13.1 Å². The number of piperazine rings is 1. The van der Waals surface area contributed by atoms with E-state index in [1.54, 1.807) is 12.1 Å². The molecule has 1 aliphatic rings. The Bertz CT molecular complexity index is 901. The first kappa shape index (κ1) is 18.8. The monoisotopic (exact) mass is 382 g/mol. The van der Waals surface area contributed by atoms with Gasteiger partial charge in [-0.15, -0.1) is 0 Å². The number of hydrogen-bond donors (Lipinski definition) is 0. The second-order valence-electron chi connectivity index (χ2n) is 7.21. The van der Waals surface area contributed by atoms with Crippen molar-refractivity contribution < 1.29 is 13.5 Å². The third kappa shape index (κ3) is 4.66. The summed E-state index contributed by atoms with van der Waals surface area (Å²) in [5, 5.41) is 2.62. The second kappa shape index (κ2) is 8.67. The first-order valence-electron chi connectivity index (χ1n) is 9.62. The Labute approximate surface area is 164 Å². The summed E-state index contributed by atoms with van der Waals surface area (Å²) in [6.45, 7) is 3.07. The zero-order valence-electron chi connectivity index (χ0n) is 15.7. The van der Waals surface area contributed by atoms with Gasteiger partial charge in [0.15, 0.2) is 0 Å². The largest absolute Gasteiger partial charge is 0.435 e. The van der Waals surface area contributed by atoms with Crippen LogP contribution in [0.2, 0.25) is 0 Å². The van der Waals surface area contributed by atoms with Crippen LogP contribution in [0.4, 0.5) is 8.78 Å². The molecule has 0 radical (unpaired) electrons. The van der Waals surface area contributed by atoms with Crippen LogP contribution in [0.25, 0.3) is 10.8 Å². The number of halogens is 2. The quantitative estimate of drug-likeness (QED) is 0.611. The lowest BCUT2D eigenvalue weighted by Gasteiger charge is -2.35. The lowest BCUT2D eigenvalue weighted by Crippen LogP contribution is -2.45. The summed E-state index contributed by atoms with van der Waals surface area (Å²) in [5.41, 5.74) is 2.49. The fraction of sp³-hybridized carbons (Fsp3) is 0.304. The molecule has 0 atom stereocenters. The normalized spacial score (nSPS) is 16.0. The van der Waals surface area contributed by atoms with E-state index in [1.807, 2.05) is 12.1 Å². The van der Waals surface area contributed by atoms with Crippen LogP contribution in [0, 0.1) is 0 Å². The number of ether oxygens (including phenoxy) is 1. The highest BCUT2D eigenvalue weighted by atomic mass is 19.3. The van der Waals surface area contributed by atoms with Gasteiger partial charge in [0.25, 0.3) is 0 Å². The van der Waals surface area contributed by atoms with E-state index in [4.69, 9.17) is 0 Å². The van der Waals surface area contributed by atoms with Gasteiger partial charge >= 0.3 is 6.61 Å². The molecule has 3 nitrogen and oxygen atoms in total. The smallest absolute Gasteiger partial charge is 0.387 e. The summed E-state index contributed by atoms with van der Waals surface area (Å²) in [7, 11) is 0. The highest BCUT2D eigenvalue weighted by Crippen LogP contribution is 2.21. The fourth-order valence-electron chi connectivity index (χ4n) is 3.81. The van der Waals surface area contributed by atoms with E-state index in [0.717, 1.165) is 44.8 Å². The molecule has 3 aromatic carbocycles. The van der Waals surface area contributed by atoms with Crippen molar-refractivity contribution in [3.8, 4) is 5.75 Å². The molecule has 0 bridgehead atoms. The number of fused-ring (bicyclic) bond motifs is 1. The molecule has 0 saturated carbocycles. The first-order valence-corrected chi connectivity index (χ1v) is 9.62. The van der Waals surface area contributed by atoms with Gasteiger partial charge in [0, 0.05) is 39.3 Å². The van der Waals surface area contributed by atoms with Gasteiger partial charge in [0.1, 0.15) is 5.75 Å². The van der Waals surface area contributed by atoms with Crippen LogP contribution in [0.5, 0.6) is 5.75 Å². The number of benzene rings is 3. The van der Waals surface area contributed by atoms with Crippen molar-refractivity contribution in [2.75, 3.05) is 26.2 Å². The van der Waals surface area contributed by atoms with E-state index >= 15 is 0 Å². The lowest BCUT2D eigenvalue weighted by atomic mass is 10.0. The van der Waals surface area contributed by atoms with Gasteiger partial charge in [0.05, 0.1) is 0 Å². The Morgan fingerprint density at radius 1 is 0.750 bits per heavy atom. The standard InChI is InChI=1S/C23H24F2N2O/c24-23(25)28-21-10-8-18(9-11-21)16-26-12-14-27(15-13-26)17-20-6-3-5-19-4-1-2-7-22(19)20/h1-11,23H,12-17H2. The average Bonchev–Trinajstić information content (AvgIpc) is 2.71. The van der Waals surface area contributed by atoms with Crippen LogP contribution in [-0.4, -0.2) is 42.6 Å². The van der Waals surface area contributed by atoms with Gasteiger partial charge in [-0.1, -0.05) is 54.6 Å². The van der Waals surface area contributed by atoms with Crippen LogP contribution in [0.15, 0.2) is 66.7 Å². The van der Waals surface area contributed by atoms with Crippen LogP contribution < -0.4 is 4.74 Å². The molecule has 5 heteroatoms. The van der Waals surface area contributed by atoms with E-state index in [2.05, 4.69) is 57.0 Å². The first-order chi connectivity index (χ1) is 13.7. The van der Waals surface area contributed by atoms with Gasteiger partial charge in [-0.05, 0) is 34.0 Å². The molecule has 0 spiro atoms. The molecule has 1 fully saturated rings. The molecule has 28 heavy (non-hydrogen) atoms. The molecule has 146 valence electrons. The maximum Gasteiger partial charge on any atom is 0.387 e. The molecule has 0 aliphatic carbocycles. The Hall–Kier alpha value is -2.50. The van der Waals surface area contributed by atoms with Crippen molar-refractivity contribution in [1.82, 2.24) is 9.80 Å². The van der Waals surface area contributed by atoms with Gasteiger partial charge in [-0.3, -0.25) is 9.80 Å². The van der Waals surface area contributed by atoms with Crippen molar-refractivity contribution in [3.05, 3.63) is 77.9 Å². The SMILES string of the molecule is FC(F)Oc1ccc(CN2CCN(Cc3cccc4ccccc34)CC2)cc1. The summed E-state index contributed by atoms with van der Waals surface area (Å²) >= 11 is 0. The predicted octanol–water partition coefficient (Wildman–Crippen LogP) is 4.76. The van der Waals surface area contributed by atoms with Gasteiger partial charge in [-0.2, -0.15) is 8.78 Å². The molecule has 1 saturated heterocycles. The second-order valence-corrected chi connectivity index (χ2v) is 7.21. The molecular formula is C23H24F2N2O. The summed E-state index contributed by atoms with van der Waals surface area (Å²) in [6, 6.07) is 22.0. The van der Waals surface area contributed by atoms with Crippen molar-refractivity contribution >= 4 is 10.8 Å². The Morgan fingerprint density at radius 2 is 1.39 bits per heavy atom. The van der Waals surface area contributed by atoms with Crippen LogP contribution in [0.1, 0.15) is 11.1 Å². The third-order valence-electron chi connectivity index (χ3n) is 5.29. The highest BCUT2D eigenvalue weighted by Gasteiger charge is 2.18. The zero-order chi connectivity index (χ0) is 19.3. The summed E-state index contributed by atoms with van der Waals surface area (Å²) in [4.78, 5) is 4.90. The number of rotatable bonds is 6.